The Balaban J connectivity index is 2.95. The Morgan fingerprint density at radius 3 is 2.62 bits per heavy atom. The summed E-state index contributed by atoms with van der Waals surface area (Å²) in [5.74, 6) is -0.518. The van der Waals surface area contributed by atoms with Crippen LogP contribution < -0.4 is 4.74 Å². The van der Waals surface area contributed by atoms with E-state index in [4.69, 9.17) is 4.74 Å². The predicted molar refractivity (Wildman–Crippen MR) is 47.3 cm³/mol. The molecule has 0 aliphatic carbocycles. The normalized spacial score (nSPS) is 12.6. The summed E-state index contributed by atoms with van der Waals surface area (Å²) in [6.07, 6.45) is 0. The number of benzene rings is 1. The Morgan fingerprint density at radius 1 is 1.46 bits per heavy atom. The van der Waals surface area contributed by atoms with Crippen molar-refractivity contribution in [2.45, 2.75) is 12.8 Å². The van der Waals surface area contributed by atoms with Gasteiger partial charge in [-0.3, -0.25) is 4.39 Å². The van der Waals surface area contributed by atoms with Crippen LogP contribution in [0.1, 0.15) is 18.4 Å². The zero-order valence-electron chi connectivity index (χ0n) is 7.68. The molecule has 72 valence electrons. The fraction of sp³-hybridized carbons (Fsp3) is 0.400. The van der Waals surface area contributed by atoms with E-state index in [1.54, 1.807) is 13.0 Å². The topological polar surface area (TPSA) is 9.23 Å². The quantitative estimate of drug-likeness (QED) is 0.705. The van der Waals surface area contributed by atoms with E-state index in [1.165, 1.54) is 19.2 Å². The minimum Gasteiger partial charge on any atom is -0.494 e. The molecule has 1 aromatic carbocycles. The average molecular weight is 186 g/mol. The van der Waals surface area contributed by atoms with E-state index in [0.717, 1.165) is 0 Å². The van der Waals surface area contributed by atoms with Crippen molar-refractivity contribution in [3.05, 3.63) is 29.6 Å². The first-order valence-electron chi connectivity index (χ1n) is 4.08. The third-order valence-electron chi connectivity index (χ3n) is 1.98. The molecule has 1 unspecified atom stereocenters. The first-order chi connectivity index (χ1) is 6.19. The smallest absolute Gasteiger partial charge is 0.165 e. The molecule has 0 amide bonds. The lowest BCUT2D eigenvalue weighted by atomic mass is 10.0. The zero-order chi connectivity index (χ0) is 9.84. The fourth-order valence-corrected chi connectivity index (χ4v) is 1.08. The van der Waals surface area contributed by atoms with Gasteiger partial charge in [0.2, 0.25) is 0 Å². The Kier molecular flexibility index (Phi) is 3.23. The number of halogens is 2. The summed E-state index contributed by atoms with van der Waals surface area (Å²) in [5, 5.41) is 0. The van der Waals surface area contributed by atoms with Gasteiger partial charge in [-0.05, 0) is 17.7 Å². The van der Waals surface area contributed by atoms with Crippen molar-refractivity contribution < 1.29 is 13.5 Å². The molecule has 0 fully saturated rings. The molecule has 3 heteroatoms. The molecule has 0 saturated heterocycles. The molecule has 1 nitrogen and oxygen atoms in total. The van der Waals surface area contributed by atoms with Gasteiger partial charge in [0, 0.05) is 5.92 Å². The van der Waals surface area contributed by atoms with Crippen LogP contribution >= 0.6 is 0 Å². The van der Waals surface area contributed by atoms with Crippen molar-refractivity contribution >= 4 is 0 Å². The molecule has 0 aromatic heterocycles. The van der Waals surface area contributed by atoms with Gasteiger partial charge in [-0.25, -0.2) is 4.39 Å². The molecule has 0 aliphatic rings. The molecule has 1 rings (SSSR count). The van der Waals surface area contributed by atoms with Gasteiger partial charge < -0.3 is 4.74 Å². The maximum atomic E-state index is 13.1. The largest absolute Gasteiger partial charge is 0.494 e. The Hall–Kier alpha value is -1.12. The van der Waals surface area contributed by atoms with Crippen LogP contribution in [0.15, 0.2) is 18.2 Å². The summed E-state index contributed by atoms with van der Waals surface area (Å²) in [5.41, 5.74) is 0.654. The lowest BCUT2D eigenvalue weighted by Gasteiger charge is -2.08. The SMILES string of the molecule is COc1ccc(C(C)CF)cc1F. The summed E-state index contributed by atoms with van der Waals surface area (Å²) >= 11 is 0. The number of methoxy groups -OCH3 is 1. The molecular formula is C10H12F2O. The van der Waals surface area contributed by atoms with Gasteiger partial charge in [-0.1, -0.05) is 13.0 Å². The second-order valence-electron chi connectivity index (χ2n) is 2.95. The van der Waals surface area contributed by atoms with E-state index in [9.17, 15) is 8.78 Å². The van der Waals surface area contributed by atoms with Crippen molar-refractivity contribution in [3.63, 3.8) is 0 Å². The monoisotopic (exact) mass is 186 g/mol. The number of hydrogen-bond acceptors (Lipinski definition) is 1. The highest BCUT2D eigenvalue weighted by atomic mass is 19.1. The summed E-state index contributed by atoms with van der Waals surface area (Å²) in [4.78, 5) is 0. The van der Waals surface area contributed by atoms with Crippen LogP contribution in [0.4, 0.5) is 8.78 Å². The lowest BCUT2D eigenvalue weighted by Crippen LogP contribution is -1.97. The Labute approximate surface area is 76.3 Å². The second kappa shape index (κ2) is 4.21. The highest BCUT2D eigenvalue weighted by Crippen LogP contribution is 2.22. The standard InChI is InChI=1S/C10H12F2O/c1-7(6-11)8-3-4-10(13-2)9(12)5-8/h3-5,7H,6H2,1-2H3. The van der Waals surface area contributed by atoms with Gasteiger partial charge in [-0.2, -0.15) is 0 Å². The van der Waals surface area contributed by atoms with Crippen molar-refractivity contribution in [3.8, 4) is 5.75 Å². The molecule has 0 bridgehead atoms. The summed E-state index contributed by atoms with van der Waals surface area (Å²) in [7, 11) is 1.40. The number of hydrogen-bond donors (Lipinski definition) is 0. The third kappa shape index (κ3) is 2.17. The molecule has 0 saturated carbocycles. The van der Waals surface area contributed by atoms with Crippen molar-refractivity contribution in [1.29, 1.82) is 0 Å². The third-order valence-corrected chi connectivity index (χ3v) is 1.98. The molecule has 1 aromatic rings. The van der Waals surface area contributed by atoms with Crippen LogP contribution in [0.5, 0.6) is 5.75 Å². The summed E-state index contributed by atoms with van der Waals surface area (Å²) in [6, 6.07) is 4.49. The van der Waals surface area contributed by atoms with E-state index < -0.39 is 12.5 Å². The maximum absolute atomic E-state index is 13.1. The highest BCUT2D eigenvalue weighted by Gasteiger charge is 2.08. The van der Waals surface area contributed by atoms with Crippen LogP contribution in [0.25, 0.3) is 0 Å². The highest BCUT2D eigenvalue weighted by molar-refractivity contribution is 5.30. The Morgan fingerprint density at radius 2 is 2.15 bits per heavy atom. The van der Waals surface area contributed by atoms with Crippen molar-refractivity contribution in [2.24, 2.45) is 0 Å². The lowest BCUT2D eigenvalue weighted by molar-refractivity contribution is 0.385. The van der Waals surface area contributed by atoms with Crippen LogP contribution in [0.3, 0.4) is 0 Å². The van der Waals surface area contributed by atoms with Gasteiger partial charge in [0.15, 0.2) is 11.6 Å². The molecule has 1 atom stereocenters. The first-order valence-corrected chi connectivity index (χ1v) is 4.08. The fourth-order valence-electron chi connectivity index (χ4n) is 1.08. The Bertz CT molecular complexity index is 286. The van der Waals surface area contributed by atoms with Gasteiger partial charge in [0.05, 0.1) is 13.8 Å². The minimum atomic E-state index is -0.480. The van der Waals surface area contributed by atoms with E-state index in [0.29, 0.717) is 5.56 Å². The van der Waals surface area contributed by atoms with E-state index in [2.05, 4.69) is 0 Å². The van der Waals surface area contributed by atoms with Gasteiger partial charge >= 0.3 is 0 Å². The van der Waals surface area contributed by atoms with Crippen LogP contribution in [-0.2, 0) is 0 Å². The second-order valence-corrected chi connectivity index (χ2v) is 2.95. The van der Waals surface area contributed by atoms with Gasteiger partial charge in [0.1, 0.15) is 0 Å². The number of ether oxygens (including phenoxy) is 1. The summed E-state index contributed by atoms with van der Waals surface area (Å²) in [6.45, 7) is 1.23. The molecule has 0 spiro atoms. The van der Waals surface area contributed by atoms with Crippen molar-refractivity contribution in [1.82, 2.24) is 0 Å². The molecule has 0 N–H and O–H groups in total. The molecule has 0 heterocycles. The summed E-state index contributed by atoms with van der Waals surface area (Å²) < 4.78 is 30.1. The van der Waals surface area contributed by atoms with Gasteiger partial charge in [-0.15, -0.1) is 0 Å². The maximum Gasteiger partial charge on any atom is 0.165 e. The van der Waals surface area contributed by atoms with Crippen LogP contribution in [0.2, 0.25) is 0 Å². The van der Waals surface area contributed by atoms with E-state index in [-0.39, 0.29) is 11.7 Å². The molecule has 13 heavy (non-hydrogen) atoms. The predicted octanol–water partition coefficient (Wildman–Crippen LogP) is 2.91. The zero-order valence-corrected chi connectivity index (χ0v) is 7.68. The molecule has 0 radical (unpaired) electrons. The first kappa shape index (κ1) is 9.96. The molecular weight excluding hydrogens is 174 g/mol. The van der Waals surface area contributed by atoms with Crippen LogP contribution in [-0.4, -0.2) is 13.8 Å². The van der Waals surface area contributed by atoms with Crippen molar-refractivity contribution in [2.75, 3.05) is 13.8 Å². The van der Waals surface area contributed by atoms with Gasteiger partial charge in [0.25, 0.3) is 0 Å². The van der Waals surface area contributed by atoms with E-state index in [1.807, 2.05) is 0 Å². The number of rotatable bonds is 3. The minimum absolute atomic E-state index is 0.190. The van der Waals surface area contributed by atoms with E-state index >= 15 is 0 Å². The average Bonchev–Trinajstić information content (AvgIpc) is 2.16. The molecule has 0 aliphatic heterocycles. The number of alkyl halides is 1. The van der Waals surface area contributed by atoms with Crippen LogP contribution in [0, 0.1) is 5.82 Å².